The lowest BCUT2D eigenvalue weighted by molar-refractivity contribution is -0.123. The maximum Gasteiger partial charge on any atom is 0.285 e. The van der Waals surface area contributed by atoms with Crippen LogP contribution in [0.2, 0.25) is 0 Å². The molecule has 1 aliphatic rings. The molecule has 0 bridgehead atoms. The Morgan fingerprint density at radius 3 is 2.57 bits per heavy atom. The van der Waals surface area contributed by atoms with Crippen LogP contribution in [-0.2, 0) is 4.79 Å². The summed E-state index contributed by atoms with van der Waals surface area (Å²) in [5.74, 6) is -1.19. The molecule has 1 aliphatic heterocycles. The van der Waals surface area contributed by atoms with Gasteiger partial charge in [0.15, 0.2) is 4.32 Å². The lowest BCUT2D eigenvalue weighted by atomic mass is 10.0. The highest BCUT2D eigenvalue weighted by Crippen LogP contribution is 2.33. The van der Waals surface area contributed by atoms with E-state index >= 15 is 0 Å². The monoisotopic (exact) mass is 406 g/mol. The van der Waals surface area contributed by atoms with Gasteiger partial charge < -0.3 is 5.11 Å². The number of carbonyl (C=O) groups excluding carboxylic acids is 2. The molecule has 2 N–H and O–H groups in total. The van der Waals surface area contributed by atoms with Crippen LogP contribution < -0.4 is 5.43 Å². The third kappa shape index (κ3) is 3.37. The number of rotatable bonds is 3. The number of phenols is 1. The van der Waals surface area contributed by atoms with E-state index in [-0.39, 0.29) is 15.6 Å². The van der Waals surface area contributed by atoms with Crippen molar-refractivity contribution < 1.29 is 14.7 Å². The largest absolute Gasteiger partial charge is 0.507 e. The molecule has 0 aromatic heterocycles. The maximum atomic E-state index is 12.8. The van der Waals surface area contributed by atoms with Gasteiger partial charge in [0, 0.05) is 0 Å². The summed E-state index contributed by atoms with van der Waals surface area (Å²) in [6.07, 6.45) is 1.77. The van der Waals surface area contributed by atoms with Gasteiger partial charge in [0.05, 0.1) is 10.5 Å². The number of para-hydroxylation sites is 1. The fourth-order valence-corrected chi connectivity index (χ4v) is 4.08. The highest BCUT2D eigenvalue weighted by molar-refractivity contribution is 8.26. The standard InChI is InChI=1S/C21H14N2O3S2/c24-17-11-4-3-10-16(17)19(25)22-23-20(26)18(28-21(23)27)12-14-8-5-7-13-6-1-2-9-15(13)14/h1-12,24H,(H,22,25)/b18-12-. The van der Waals surface area contributed by atoms with Crippen LogP contribution in [0.5, 0.6) is 5.75 Å². The highest BCUT2D eigenvalue weighted by Gasteiger charge is 2.34. The summed E-state index contributed by atoms with van der Waals surface area (Å²) < 4.78 is 0.222. The van der Waals surface area contributed by atoms with Gasteiger partial charge in [-0.2, -0.15) is 5.01 Å². The summed E-state index contributed by atoms with van der Waals surface area (Å²) in [4.78, 5) is 25.6. The topological polar surface area (TPSA) is 69.6 Å². The van der Waals surface area contributed by atoms with Crippen LogP contribution in [-0.4, -0.2) is 26.3 Å². The van der Waals surface area contributed by atoms with E-state index in [2.05, 4.69) is 5.43 Å². The Balaban J connectivity index is 1.61. The van der Waals surface area contributed by atoms with Gasteiger partial charge in [-0.3, -0.25) is 15.0 Å². The number of carbonyl (C=O) groups is 2. The van der Waals surface area contributed by atoms with E-state index in [4.69, 9.17) is 12.2 Å². The molecule has 0 aliphatic carbocycles. The van der Waals surface area contributed by atoms with Crippen LogP contribution in [0.25, 0.3) is 16.8 Å². The number of thiocarbonyl (C=S) groups is 1. The molecule has 3 aromatic rings. The molecule has 0 saturated carbocycles. The predicted molar refractivity (Wildman–Crippen MR) is 115 cm³/mol. The van der Waals surface area contributed by atoms with Gasteiger partial charge >= 0.3 is 0 Å². The smallest absolute Gasteiger partial charge is 0.285 e. The third-order valence-electron chi connectivity index (χ3n) is 4.27. The van der Waals surface area contributed by atoms with E-state index in [1.54, 1.807) is 18.2 Å². The zero-order chi connectivity index (χ0) is 19.7. The molecule has 7 heteroatoms. The summed E-state index contributed by atoms with van der Waals surface area (Å²) in [7, 11) is 0. The Morgan fingerprint density at radius 1 is 1.04 bits per heavy atom. The number of nitrogens with zero attached hydrogens (tertiary/aromatic N) is 1. The molecule has 138 valence electrons. The van der Waals surface area contributed by atoms with Crippen LogP contribution in [0.4, 0.5) is 0 Å². The summed E-state index contributed by atoms with van der Waals surface area (Å²) in [5.41, 5.74) is 3.43. The Labute approximate surface area is 170 Å². The fourth-order valence-electron chi connectivity index (χ4n) is 2.91. The molecule has 0 spiro atoms. The average Bonchev–Trinajstić information content (AvgIpc) is 2.96. The molecular formula is C21H14N2O3S2. The van der Waals surface area contributed by atoms with Gasteiger partial charge in [-0.05, 0) is 46.8 Å². The first-order valence-electron chi connectivity index (χ1n) is 8.39. The van der Waals surface area contributed by atoms with E-state index in [1.807, 2.05) is 42.5 Å². The molecule has 1 saturated heterocycles. The number of benzene rings is 3. The molecular weight excluding hydrogens is 392 g/mol. The molecule has 1 fully saturated rings. The average molecular weight is 406 g/mol. The van der Waals surface area contributed by atoms with Crippen molar-refractivity contribution in [3.05, 3.63) is 82.8 Å². The Kier molecular flexibility index (Phi) is 4.85. The van der Waals surface area contributed by atoms with Crippen LogP contribution in [0, 0.1) is 0 Å². The number of hydrogen-bond acceptors (Lipinski definition) is 5. The zero-order valence-electron chi connectivity index (χ0n) is 14.5. The number of nitrogens with one attached hydrogen (secondary N) is 1. The molecule has 4 rings (SSSR count). The number of amides is 2. The predicted octanol–water partition coefficient (Wildman–Crippen LogP) is 4.09. The second kappa shape index (κ2) is 7.46. The molecule has 3 aromatic carbocycles. The van der Waals surface area contributed by atoms with Crippen molar-refractivity contribution in [2.45, 2.75) is 0 Å². The summed E-state index contributed by atoms with van der Waals surface area (Å²) in [6.45, 7) is 0. The molecule has 0 radical (unpaired) electrons. The van der Waals surface area contributed by atoms with E-state index in [0.29, 0.717) is 4.91 Å². The van der Waals surface area contributed by atoms with Gasteiger partial charge in [-0.1, -0.05) is 66.4 Å². The molecule has 5 nitrogen and oxygen atoms in total. The van der Waals surface area contributed by atoms with Gasteiger partial charge in [0.2, 0.25) is 0 Å². The van der Waals surface area contributed by atoms with Gasteiger partial charge in [0.25, 0.3) is 11.8 Å². The lowest BCUT2D eigenvalue weighted by Crippen LogP contribution is -2.44. The quantitative estimate of drug-likeness (QED) is 0.506. The third-order valence-corrected chi connectivity index (χ3v) is 5.57. The normalized spacial score (nSPS) is 15.4. The van der Waals surface area contributed by atoms with Crippen molar-refractivity contribution in [3.63, 3.8) is 0 Å². The van der Waals surface area contributed by atoms with Crippen molar-refractivity contribution in [2.75, 3.05) is 0 Å². The number of hydrogen-bond donors (Lipinski definition) is 2. The number of phenolic OH excluding ortho intramolecular Hbond substituents is 1. The Morgan fingerprint density at radius 2 is 1.75 bits per heavy atom. The second-order valence-electron chi connectivity index (χ2n) is 6.04. The molecule has 0 atom stereocenters. The first-order valence-corrected chi connectivity index (χ1v) is 9.62. The van der Waals surface area contributed by atoms with Crippen LogP contribution in [0.3, 0.4) is 0 Å². The minimum absolute atomic E-state index is 0.0644. The summed E-state index contributed by atoms with van der Waals surface area (Å²) >= 11 is 6.38. The molecule has 2 amide bonds. The number of aromatic hydroxyl groups is 1. The number of hydrazine groups is 1. The maximum absolute atomic E-state index is 12.8. The van der Waals surface area contributed by atoms with Crippen molar-refractivity contribution in [3.8, 4) is 5.75 Å². The minimum Gasteiger partial charge on any atom is -0.507 e. The van der Waals surface area contributed by atoms with E-state index < -0.39 is 11.8 Å². The van der Waals surface area contributed by atoms with E-state index in [0.717, 1.165) is 33.1 Å². The fraction of sp³-hybridized carbons (Fsp3) is 0. The van der Waals surface area contributed by atoms with Gasteiger partial charge in [-0.15, -0.1) is 0 Å². The van der Waals surface area contributed by atoms with Crippen molar-refractivity contribution in [1.82, 2.24) is 10.4 Å². The van der Waals surface area contributed by atoms with Crippen molar-refractivity contribution in [2.24, 2.45) is 0 Å². The van der Waals surface area contributed by atoms with Crippen LogP contribution >= 0.6 is 24.0 Å². The van der Waals surface area contributed by atoms with E-state index in [9.17, 15) is 14.7 Å². The first-order chi connectivity index (χ1) is 13.5. The SMILES string of the molecule is O=C(NN1C(=O)/C(=C/c2cccc3ccccc23)SC1=S)c1ccccc1O. The van der Waals surface area contributed by atoms with Crippen LogP contribution in [0.15, 0.2) is 71.6 Å². The number of fused-ring (bicyclic) bond motifs is 1. The first kappa shape index (κ1) is 18.2. The Hall–Kier alpha value is -3.16. The highest BCUT2D eigenvalue weighted by atomic mass is 32.2. The Bertz CT molecular complexity index is 1150. The minimum atomic E-state index is -0.610. The summed E-state index contributed by atoms with van der Waals surface area (Å²) in [5, 5.41) is 12.9. The zero-order valence-corrected chi connectivity index (χ0v) is 16.1. The number of thioether (sulfide) groups is 1. The van der Waals surface area contributed by atoms with Gasteiger partial charge in [-0.25, -0.2) is 0 Å². The van der Waals surface area contributed by atoms with Crippen molar-refractivity contribution >= 4 is 57.0 Å². The second-order valence-corrected chi connectivity index (χ2v) is 7.72. The summed E-state index contributed by atoms with van der Waals surface area (Å²) in [6, 6.07) is 19.9. The van der Waals surface area contributed by atoms with Crippen molar-refractivity contribution in [1.29, 1.82) is 0 Å². The lowest BCUT2D eigenvalue weighted by Gasteiger charge is -2.16. The molecule has 28 heavy (non-hydrogen) atoms. The van der Waals surface area contributed by atoms with E-state index in [1.165, 1.54) is 12.1 Å². The van der Waals surface area contributed by atoms with Crippen LogP contribution in [0.1, 0.15) is 15.9 Å². The molecule has 0 unspecified atom stereocenters. The van der Waals surface area contributed by atoms with Gasteiger partial charge in [0.1, 0.15) is 5.75 Å². The molecule has 1 heterocycles.